The largest absolute Gasteiger partial charge is 0.445 e. The molecule has 0 saturated carbocycles. The molecule has 18 heavy (non-hydrogen) atoms. The Hall–Kier alpha value is -1.59. The van der Waals surface area contributed by atoms with Gasteiger partial charge in [0.05, 0.1) is 6.04 Å². The van der Waals surface area contributed by atoms with Crippen molar-refractivity contribution in [3.05, 3.63) is 35.9 Å². The molecule has 1 aromatic rings. The summed E-state index contributed by atoms with van der Waals surface area (Å²) in [6, 6.07) is 9.47. The average Bonchev–Trinajstić information content (AvgIpc) is 2.85. The molecular weight excluding hydrogens is 232 g/mol. The number of benzene rings is 1. The summed E-state index contributed by atoms with van der Waals surface area (Å²) in [5, 5.41) is 15.0. The maximum absolute atomic E-state index is 11.6. The molecule has 5 nitrogen and oxygen atoms in total. The minimum absolute atomic E-state index is 0.0572. The van der Waals surface area contributed by atoms with E-state index in [1.165, 1.54) is 0 Å². The predicted molar refractivity (Wildman–Crippen MR) is 67.0 cm³/mol. The first kappa shape index (κ1) is 12.9. The van der Waals surface area contributed by atoms with Gasteiger partial charge < -0.3 is 20.5 Å². The van der Waals surface area contributed by atoms with E-state index in [4.69, 9.17) is 9.84 Å². The summed E-state index contributed by atoms with van der Waals surface area (Å²) in [5.74, 6) is 0.0641. The van der Waals surface area contributed by atoms with E-state index in [1.54, 1.807) is 0 Å². The highest BCUT2D eigenvalue weighted by atomic mass is 16.5. The van der Waals surface area contributed by atoms with Gasteiger partial charge in [-0.2, -0.15) is 0 Å². The number of ether oxygens (including phenoxy) is 1. The summed E-state index contributed by atoms with van der Waals surface area (Å²) in [7, 11) is 0. The van der Waals surface area contributed by atoms with Gasteiger partial charge >= 0.3 is 6.09 Å². The predicted octanol–water partition coefficient (Wildman–Crippen LogP) is 0.493. The van der Waals surface area contributed by atoms with Crippen molar-refractivity contribution < 1.29 is 14.6 Å². The fraction of sp³-hybridized carbons (Fsp3) is 0.462. The van der Waals surface area contributed by atoms with Gasteiger partial charge in [0.1, 0.15) is 6.61 Å². The molecule has 2 atom stereocenters. The van der Waals surface area contributed by atoms with Gasteiger partial charge in [-0.05, 0) is 5.56 Å². The van der Waals surface area contributed by atoms with Gasteiger partial charge in [0.15, 0.2) is 0 Å². The number of hydrogen-bond donors (Lipinski definition) is 3. The van der Waals surface area contributed by atoms with E-state index < -0.39 is 6.09 Å². The smallest absolute Gasteiger partial charge is 0.407 e. The number of rotatable bonds is 4. The molecule has 1 heterocycles. The molecule has 0 bridgehead atoms. The number of nitrogens with one attached hydrogen (secondary N) is 2. The van der Waals surface area contributed by atoms with Crippen molar-refractivity contribution >= 4 is 6.09 Å². The van der Waals surface area contributed by atoms with Crippen LogP contribution in [-0.4, -0.2) is 36.9 Å². The van der Waals surface area contributed by atoms with Crippen molar-refractivity contribution in [2.75, 3.05) is 19.7 Å². The number of aliphatic hydroxyl groups excluding tert-OH is 1. The van der Waals surface area contributed by atoms with Crippen molar-refractivity contribution in [3.8, 4) is 0 Å². The van der Waals surface area contributed by atoms with Crippen LogP contribution in [0.5, 0.6) is 0 Å². The second-order valence-corrected chi connectivity index (χ2v) is 4.41. The van der Waals surface area contributed by atoms with Gasteiger partial charge in [-0.15, -0.1) is 0 Å². The third-order valence-corrected chi connectivity index (χ3v) is 3.09. The second-order valence-electron chi connectivity index (χ2n) is 4.41. The van der Waals surface area contributed by atoms with Crippen LogP contribution < -0.4 is 10.6 Å². The highest BCUT2D eigenvalue weighted by molar-refractivity contribution is 5.67. The molecule has 1 aliphatic heterocycles. The van der Waals surface area contributed by atoms with Crippen LogP contribution in [0.2, 0.25) is 0 Å². The van der Waals surface area contributed by atoms with Crippen LogP contribution in [0.4, 0.5) is 4.79 Å². The minimum atomic E-state index is -0.439. The molecule has 3 N–H and O–H groups in total. The van der Waals surface area contributed by atoms with Gasteiger partial charge in [0.25, 0.3) is 0 Å². The summed E-state index contributed by atoms with van der Waals surface area (Å²) in [4.78, 5) is 11.6. The van der Waals surface area contributed by atoms with E-state index in [1.807, 2.05) is 30.3 Å². The number of carbonyl (C=O) groups is 1. The number of hydrogen-bond acceptors (Lipinski definition) is 4. The van der Waals surface area contributed by atoms with Crippen molar-refractivity contribution in [2.24, 2.45) is 5.92 Å². The maximum Gasteiger partial charge on any atom is 0.407 e. The topological polar surface area (TPSA) is 70.6 Å². The molecule has 2 unspecified atom stereocenters. The van der Waals surface area contributed by atoms with Crippen LogP contribution in [0.15, 0.2) is 30.3 Å². The van der Waals surface area contributed by atoms with Gasteiger partial charge in [0, 0.05) is 25.6 Å². The van der Waals surface area contributed by atoms with Gasteiger partial charge in [-0.1, -0.05) is 30.3 Å². The first-order valence-corrected chi connectivity index (χ1v) is 6.08. The first-order chi connectivity index (χ1) is 8.79. The minimum Gasteiger partial charge on any atom is -0.445 e. The zero-order valence-electron chi connectivity index (χ0n) is 10.1. The third kappa shape index (κ3) is 3.45. The molecular formula is C13H18N2O3. The Balaban J connectivity index is 1.75. The van der Waals surface area contributed by atoms with Crippen molar-refractivity contribution in [2.45, 2.75) is 12.6 Å². The lowest BCUT2D eigenvalue weighted by molar-refractivity contribution is 0.130. The summed E-state index contributed by atoms with van der Waals surface area (Å²) < 4.78 is 5.12. The second kappa shape index (κ2) is 6.37. The Morgan fingerprint density at radius 3 is 2.89 bits per heavy atom. The Bertz CT molecular complexity index is 383. The van der Waals surface area contributed by atoms with E-state index in [0.717, 1.165) is 12.1 Å². The number of amides is 1. The Morgan fingerprint density at radius 2 is 2.17 bits per heavy atom. The van der Waals surface area contributed by atoms with Crippen molar-refractivity contribution in [1.82, 2.24) is 10.6 Å². The van der Waals surface area contributed by atoms with E-state index >= 15 is 0 Å². The summed E-state index contributed by atoms with van der Waals surface area (Å²) in [6.07, 6.45) is -0.439. The number of aliphatic hydroxyl groups is 1. The van der Waals surface area contributed by atoms with E-state index in [0.29, 0.717) is 6.54 Å². The maximum atomic E-state index is 11.6. The molecule has 1 amide bonds. The van der Waals surface area contributed by atoms with Crippen LogP contribution in [0.25, 0.3) is 0 Å². The SMILES string of the molecule is O=C(NC1CNCC1CO)OCc1ccccc1. The van der Waals surface area contributed by atoms with Crippen LogP contribution >= 0.6 is 0 Å². The normalized spacial score (nSPS) is 22.7. The highest BCUT2D eigenvalue weighted by Gasteiger charge is 2.27. The Morgan fingerprint density at radius 1 is 1.39 bits per heavy atom. The van der Waals surface area contributed by atoms with Gasteiger partial charge in [-0.3, -0.25) is 0 Å². The van der Waals surface area contributed by atoms with Crippen LogP contribution in [0.1, 0.15) is 5.56 Å². The lowest BCUT2D eigenvalue weighted by atomic mass is 10.1. The van der Waals surface area contributed by atoms with Gasteiger partial charge in [0.2, 0.25) is 0 Å². The molecule has 1 aromatic carbocycles. The molecule has 1 aliphatic rings. The zero-order chi connectivity index (χ0) is 12.8. The molecule has 2 rings (SSSR count). The summed E-state index contributed by atoms with van der Waals surface area (Å²) in [5.41, 5.74) is 0.955. The number of carbonyl (C=O) groups excluding carboxylic acids is 1. The molecule has 0 spiro atoms. The van der Waals surface area contributed by atoms with E-state index in [-0.39, 0.29) is 25.2 Å². The van der Waals surface area contributed by atoms with Crippen LogP contribution in [0.3, 0.4) is 0 Å². The summed E-state index contributed by atoms with van der Waals surface area (Å²) in [6.45, 7) is 1.72. The summed E-state index contributed by atoms with van der Waals surface area (Å²) >= 11 is 0. The standard InChI is InChI=1S/C13H18N2O3/c16-8-11-6-14-7-12(11)15-13(17)18-9-10-4-2-1-3-5-10/h1-5,11-12,14,16H,6-9H2,(H,15,17). The Kier molecular flexibility index (Phi) is 4.55. The lowest BCUT2D eigenvalue weighted by Gasteiger charge is -2.17. The van der Waals surface area contributed by atoms with Crippen LogP contribution in [0, 0.1) is 5.92 Å². The number of alkyl carbamates (subject to hydrolysis) is 1. The third-order valence-electron chi connectivity index (χ3n) is 3.09. The van der Waals surface area contributed by atoms with Crippen molar-refractivity contribution in [1.29, 1.82) is 0 Å². The molecule has 0 aromatic heterocycles. The molecule has 1 saturated heterocycles. The fourth-order valence-electron chi connectivity index (χ4n) is 2.01. The van der Waals surface area contributed by atoms with E-state index in [9.17, 15) is 4.79 Å². The monoisotopic (exact) mass is 250 g/mol. The quantitative estimate of drug-likeness (QED) is 0.727. The lowest BCUT2D eigenvalue weighted by Crippen LogP contribution is -2.41. The van der Waals surface area contributed by atoms with Crippen LogP contribution in [-0.2, 0) is 11.3 Å². The molecule has 0 aliphatic carbocycles. The zero-order valence-corrected chi connectivity index (χ0v) is 10.1. The van der Waals surface area contributed by atoms with Crippen molar-refractivity contribution in [3.63, 3.8) is 0 Å². The average molecular weight is 250 g/mol. The molecule has 1 fully saturated rings. The highest BCUT2D eigenvalue weighted by Crippen LogP contribution is 2.08. The molecule has 0 radical (unpaired) electrons. The first-order valence-electron chi connectivity index (χ1n) is 6.08. The molecule has 98 valence electrons. The van der Waals surface area contributed by atoms with E-state index in [2.05, 4.69) is 10.6 Å². The van der Waals surface area contributed by atoms with Gasteiger partial charge in [-0.25, -0.2) is 4.79 Å². The molecule has 5 heteroatoms. The fourth-order valence-corrected chi connectivity index (χ4v) is 2.01. The Labute approximate surface area is 106 Å².